The van der Waals surface area contributed by atoms with Crippen LogP contribution in [0.25, 0.3) is 11.3 Å². The maximum Gasteiger partial charge on any atom is 0.233 e. The summed E-state index contributed by atoms with van der Waals surface area (Å²) in [5, 5.41) is 11.3. The molecule has 1 aromatic heterocycles. The Morgan fingerprint density at radius 3 is 2.18 bits per heavy atom. The maximum atomic E-state index is 13.1. The largest absolute Gasteiger partial charge is 0.497 e. The van der Waals surface area contributed by atoms with Crippen LogP contribution in [0, 0.1) is 0 Å². The molecule has 3 aromatic carbocycles. The molecule has 0 aliphatic carbocycles. The predicted molar refractivity (Wildman–Crippen MR) is 127 cm³/mol. The van der Waals surface area contributed by atoms with E-state index in [9.17, 15) is 4.79 Å². The fourth-order valence-electron chi connectivity index (χ4n) is 3.94. The molecule has 0 unspecified atom stereocenters. The number of carbonyl (C=O) groups excluding carboxylic acids is 1. The molecule has 1 amide bonds. The molecule has 0 saturated carbocycles. The van der Waals surface area contributed by atoms with Gasteiger partial charge in [0.2, 0.25) is 11.8 Å². The van der Waals surface area contributed by atoms with Gasteiger partial charge in [0.15, 0.2) is 0 Å². The minimum atomic E-state index is -0.440. The van der Waals surface area contributed by atoms with Crippen molar-refractivity contribution in [1.29, 1.82) is 0 Å². The topological polar surface area (TPSA) is 82.6 Å². The van der Waals surface area contributed by atoms with Gasteiger partial charge in [0.1, 0.15) is 23.9 Å². The van der Waals surface area contributed by atoms with Gasteiger partial charge in [-0.15, -0.1) is 10.2 Å². The van der Waals surface area contributed by atoms with Crippen LogP contribution in [0.15, 0.2) is 84.9 Å². The van der Waals surface area contributed by atoms with Crippen LogP contribution in [0.5, 0.6) is 23.1 Å². The smallest absolute Gasteiger partial charge is 0.233 e. The highest BCUT2D eigenvalue weighted by Crippen LogP contribution is 2.43. The molecule has 0 radical (unpaired) electrons. The van der Waals surface area contributed by atoms with E-state index in [1.807, 2.05) is 78.9 Å². The zero-order valence-corrected chi connectivity index (χ0v) is 18.6. The lowest BCUT2D eigenvalue weighted by atomic mass is 9.87. The molecule has 1 N–H and O–H groups in total. The number of aromatic nitrogens is 2. The molecule has 4 aromatic rings. The minimum absolute atomic E-state index is 0.104. The van der Waals surface area contributed by atoms with E-state index < -0.39 is 5.92 Å². The first kappa shape index (κ1) is 21.5. The number of benzene rings is 3. The zero-order valence-electron chi connectivity index (χ0n) is 18.6. The molecule has 170 valence electrons. The van der Waals surface area contributed by atoms with Crippen LogP contribution in [-0.2, 0) is 4.79 Å². The van der Waals surface area contributed by atoms with Crippen molar-refractivity contribution in [3.05, 3.63) is 96.1 Å². The van der Waals surface area contributed by atoms with Crippen LogP contribution in [0.3, 0.4) is 0 Å². The minimum Gasteiger partial charge on any atom is -0.497 e. The second-order valence-corrected chi connectivity index (χ2v) is 7.74. The lowest BCUT2D eigenvalue weighted by molar-refractivity contribution is -0.121. The monoisotopic (exact) mass is 453 g/mol. The number of nitrogens with one attached hydrogen (secondary N) is 1. The van der Waals surface area contributed by atoms with Gasteiger partial charge in [-0.2, -0.15) is 0 Å². The van der Waals surface area contributed by atoms with Crippen molar-refractivity contribution < 1.29 is 19.0 Å². The molecule has 0 bridgehead atoms. The number of nitrogens with zero attached hydrogens (tertiary/aromatic N) is 2. The van der Waals surface area contributed by atoms with Crippen molar-refractivity contribution in [2.75, 3.05) is 20.3 Å². The Labute approximate surface area is 197 Å². The highest BCUT2D eigenvalue weighted by molar-refractivity contribution is 5.89. The molecule has 1 aliphatic heterocycles. The van der Waals surface area contributed by atoms with E-state index in [2.05, 4.69) is 15.5 Å². The van der Waals surface area contributed by atoms with Crippen LogP contribution < -0.4 is 19.5 Å². The Balaban J connectivity index is 1.19. The summed E-state index contributed by atoms with van der Waals surface area (Å²) in [7, 11) is 1.63. The second kappa shape index (κ2) is 9.62. The van der Waals surface area contributed by atoms with Gasteiger partial charge in [0.25, 0.3) is 0 Å². The highest BCUT2D eigenvalue weighted by Gasteiger charge is 2.32. The third kappa shape index (κ3) is 4.41. The van der Waals surface area contributed by atoms with E-state index >= 15 is 0 Å². The first-order chi connectivity index (χ1) is 16.7. The van der Waals surface area contributed by atoms with Gasteiger partial charge in [-0.25, -0.2) is 0 Å². The van der Waals surface area contributed by atoms with Crippen LogP contribution in [-0.4, -0.2) is 36.4 Å². The lowest BCUT2D eigenvalue weighted by Gasteiger charge is -2.27. The van der Waals surface area contributed by atoms with Gasteiger partial charge in [-0.3, -0.25) is 4.79 Å². The quantitative estimate of drug-likeness (QED) is 0.412. The molecule has 0 atom stereocenters. The normalized spacial score (nSPS) is 12.1. The van der Waals surface area contributed by atoms with Crippen LogP contribution in [0.4, 0.5) is 0 Å². The number of amides is 1. The number of rotatable bonds is 7. The van der Waals surface area contributed by atoms with Crippen molar-refractivity contribution in [3.8, 4) is 34.4 Å². The molecule has 0 spiro atoms. The number of para-hydroxylation sites is 2. The number of carbonyl (C=O) groups is 1. The molecule has 0 fully saturated rings. The summed E-state index contributed by atoms with van der Waals surface area (Å²) in [6, 6.07) is 26.4. The summed E-state index contributed by atoms with van der Waals surface area (Å²) < 4.78 is 16.8. The summed E-state index contributed by atoms with van der Waals surface area (Å²) in [6.45, 7) is 0.608. The fourth-order valence-corrected chi connectivity index (χ4v) is 3.94. The van der Waals surface area contributed by atoms with Gasteiger partial charge >= 0.3 is 0 Å². The Bertz CT molecular complexity index is 1240. The number of hydrogen-bond donors (Lipinski definition) is 1. The van der Waals surface area contributed by atoms with E-state index in [-0.39, 0.29) is 12.5 Å². The summed E-state index contributed by atoms with van der Waals surface area (Å²) in [4.78, 5) is 13.1. The molecule has 2 heterocycles. The SMILES string of the molecule is COc1ccc(-c2ccc(OCCNC(=O)C3c4ccccc4Oc4ccccc43)nn2)cc1. The Hall–Kier alpha value is -4.39. The van der Waals surface area contributed by atoms with Crippen LogP contribution in [0.1, 0.15) is 17.0 Å². The van der Waals surface area contributed by atoms with E-state index in [1.165, 1.54) is 0 Å². The molecular weight excluding hydrogens is 430 g/mol. The van der Waals surface area contributed by atoms with Crippen LogP contribution in [0.2, 0.25) is 0 Å². The average molecular weight is 453 g/mol. The van der Waals surface area contributed by atoms with Gasteiger partial charge in [-0.1, -0.05) is 36.4 Å². The first-order valence-corrected chi connectivity index (χ1v) is 11.0. The van der Waals surface area contributed by atoms with E-state index in [0.717, 1.165) is 28.1 Å². The third-order valence-electron chi connectivity index (χ3n) is 5.62. The summed E-state index contributed by atoms with van der Waals surface area (Å²) >= 11 is 0. The molecule has 7 nitrogen and oxygen atoms in total. The molecule has 7 heteroatoms. The zero-order chi connectivity index (χ0) is 23.3. The molecule has 34 heavy (non-hydrogen) atoms. The van der Waals surface area contributed by atoms with Crippen LogP contribution >= 0.6 is 0 Å². The number of methoxy groups -OCH3 is 1. The Morgan fingerprint density at radius 1 is 0.882 bits per heavy atom. The average Bonchev–Trinajstić information content (AvgIpc) is 2.90. The molecular formula is C27H23N3O4. The van der Waals surface area contributed by atoms with Gasteiger partial charge < -0.3 is 19.5 Å². The second-order valence-electron chi connectivity index (χ2n) is 7.74. The summed E-state index contributed by atoms with van der Waals surface area (Å²) in [5.74, 6) is 2.03. The number of fused-ring (bicyclic) bond motifs is 2. The maximum absolute atomic E-state index is 13.1. The number of ether oxygens (including phenoxy) is 3. The highest BCUT2D eigenvalue weighted by atomic mass is 16.5. The predicted octanol–water partition coefficient (Wildman–Crippen LogP) is 4.59. The van der Waals surface area contributed by atoms with Crippen molar-refractivity contribution in [2.24, 2.45) is 0 Å². The van der Waals surface area contributed by atoms with E-state index in [4.69, 9.17) is 14.2 Å². The third-order valence-corrected chi connectivity index (χ3v) is 5.62. The number of hydrogen-bond acceptors (Lipinski definition) is 6. The standard InChI is InChI=1S/C27H23N3O4/c1-32-19-12-10-18(11-13-19)22-14-15-25(30-29-22)33-17-16-28-27(31)26-20-6-2-4-8-23(20)34-24-9-5-3-7-21(24)26/h2-15,26H,16-17H2,1H3,(H,28,31). The van der Waals surface area contributed by atoms with Crippen molar-refractivity contribution >= 4 is 5.91 Å². The summed E-state index contributed by atoms with van der Waals surface area (Å²) in [5.41, 5.74) is 3.36. The van der Waals surface area contributed by atoms with Gasteiger partial charge in [0, 0.05) is 22.8 Å². The van der Waals surface area contributed by atoms with Crippen molar-refractivity contribution in [2.45, 2.75) is 5.92 Å². The van der Waals surface area contributed by atoms with Crippen molar-refractivity contribution in [1.82, 2.24) is 15.5 Å². The lowest BCUT2D eigenvalue weighted by Crippen LogP contribution is -2.34. The Kier molecular flexibility index (Phi) is 6.07. The van der Waals surface area contributed by atoms with Crippen molar-refractivity contribution in [3.63, 3.8) is 0 Å². The summed E-state index contributed by atoms with van der Waals surface area (Å²) in [6.07, 6.45) is 0. The first-order valence-electron chi connectivity index (χ1n) is 11.0. The fraction of sp³-hybridized carbons (Fsp3) is 0.148. The molecule has 1 aliphatic rings. The van der Waals surface area contributed by atoms with E-state index in [1.54, 1.807) is 13.2 Å². The van der Waals surface area contributed by atoms with E-state index in [0.29, 0.717) is 23.9 Å². The molecule has 5 rings (SSSR count). The molecule has 0 saturated heterocycles. The Morgan fingerprint density at radius 2 is 1.56 bits per heavy atom. The van der Waals surface area contributed by atoms with Gasteiger partial charge in [-0.05, 0) is 42.5 Å². The van der Waals surface area contributed by atoms with Gasteiger partial charge in [0.05, 0.1) is 25.3 Å².